The van der Waals surface area contributed by atoms with Gasteiger partial charge in [0.25, 0.3) is 5.56 Å². The normalized spacial score (nSPS) is 11.7. The van der Waals surface area contributed by atoms with Crippen LogP contribution in [0.25, 0.3) is 10.6 Å². The maximum absolute atomic E-state index is 12.6. The smallest absolute Gasteiger partial charge is 0.300 e. The van der Waals surface area contributed by atoms with Crippen LogP contribution in [-0.4, -0.2) is 22.5 Å². The Balaban J connectivity index is 1.83. The highest BCUT2D eigenvalue weighted by atomic mass is 32.2. The highest BCUT2D eigenvalue weighted by molar-refractivity contribution is 7.89. The Bertz CT molecular complexity index is 1200. The van der Waals surface area contributed by atoms with Crippen LogP contribution < -0.4 is 11.2 Å². The Morgan fingerprint density at radius 3 is 2.37 bits per heavy atom. The van der Waals surface area contributed by atoms with Crippen molar-refractivity contribution in [2.45, 2.75) is 18.4 Å². The molecule has 7 nitrogen and oxygen atoms in total. The molecule has 0 aliphatic carbocycles. The first kappa shape index (κ1) is 19.2. The molecule has 0 aliphatic heterocycles. The van der Waals surface area contributed by atoms with Crippen molar-refractivity contribution in [3.63, 3.8) is 0 Å². The summed E-state index contributed by atoms with van der Waals surface area (Å²) in [5, 5.41) is 2.47. The molecule has 0 radical (unpaired) electrons. The fraction of sp³-hybridized carbons (Fsp3) is 0.278. The Labute approximate surface area is 160 Å². The van der Waals surface area contributed by atoms with E-state index in [1.54, 1.807) is 5.38 Å². The zero-order chi connectivity index (χ0) is 19.8. The number of hydrogen-bond acceptors (Lipinski definition) is 6. The number of benzene rings is 1. The summed E-state index contributed by atoms with van der Waals surface area (Å²) in [5.74, 6) is -0.648. The molecular formula is C18H19N3O4S2. The quantitative estimate of drug-likeness (QED) is 0.643. The predicted molar refractivity (Wildman–Crippen MR) is 106 cm³/mol. The molecule has 0 fully saturated rings. The van der Waals surface area contributed by atoms with Crippen LogP contribution in [0.15, 0.2) is 45.3 Å². The van der Waals surface area contributed by atoms with Gasteiger partial charge in [-0.05, 0) is 6.92 Å². The largest absolute Gasteiger partial charge is 0.330 e. The maximum Gasteiger partial charge on any atom is 0.330 e. The summed E-state index contributed by atoms with van der Waals surface area (Å²) in [4.78, 5) is 28.2. The Kier molecular flexibility index (Phi) is 5.16. The molecule has 2 heterocycles. The Hall–Kier alpha value is -2.52. The number of nitrogens with zero attached hydrogens (tertiary/aromatic N) is 3. The lowest BCUT2D eigenvalue weighted by atomic mass is 10.2. The lowest BCUT2D eigenvalue weighted by Crippen LogP contribution is -2.38. The average molecular weight is 406 g/mol. The van der Waals surface area contributed by atoms with Crippen LogP contribution in [0.1, 0.15) is 17.0 Å². The van der Waals surface area contributed by atoms with Crippen LogP contribution in [-0.2, 0) is 35.4 Å². The topological polar surface area (TPSA) is 91.0 Å². The summed E-state index contributed by atoms with van der Waals surface area (Å²) in [7, 11) is -0.794. The van der Waals surface area contributed by atoms with Gasteiger partial charge in [-0.3, -0.25) is 13.9 Å². The van der Waals surface area contributed by atoms with Gasteiger partial charge in [-0.2, -0.15) is 0 Å². The first-order valence-electron chi connectivity index (χ1n) is 8.14. The first-order chi connectivity index (χ1) is 12.7. The fourth-order valence-corrected chi connectivity index (χ4v) is 4.98. The minimum atomic E-state index is -3.60. The van der Waals surface area contributed by atoms with E-state index in [0.29, 0.717) is 5.69 Å². The van der Waals surface area contributed by atoms with E-state index in [9.17, 15) is 18.0 Å². The van der Waals surface area contributed by atoms with Crippen molar-refractivity contribution < 1.29 is 8.42 Å². The molecule has 27 heavy (non-hydrogen) atoms. The van der Waals surface area contributed by atoms with Crippen LogP contribution >= 0.6 is 11.3 Å². The number of aromatic nitrogens is 3. The number of thiazole rings is 1. The van der Waals surface area contributed by atoms with Gasteiger partial charge in [0.15, 0.2) is 9.84 Å². The average Bonchev–Trinajstić information content (AvgIpc) is 3.05. The number of aryl methyl sites for hydroxylation is 1. The van der Waals surface area contributed by atoms with Gasteiger partial charge in [0, 0.05) is 36.8 Å². The first-order valence-corrected chi connectivity index (χ1v) is 10.8. The molecule has 0 saturated heterocycles. The van der Waals surface area contributed by atoms with Gasteiger partial charge in [0.05, 0.1) is 17.2 Å². The molecule has 3 aromatic rings. The molecule has 3 rings (SSSR count). The van der Waals surface area contributed by atoms with Gasteiger partial charge in [0.2, 0.25) is 0 Å². The standard InChI is InChI=1S/C18H19N3O4S2/c1-12-4-6-13(7-5-12)17-19-14(9-26-17)10-27(24,25)11-15-8-16(22)21(3)18(23)20(15)2/h4-9H,10-11H2,1-3H3. The molecule has 1 aromatic carbocycles. The second-order valence-electron chi connectivity index (χ2n) is 6.42. The van der Waals surface area contributed by atoms with Crippen molar-refractivity contribution in [2.75, 3.05) is 0 Å². The molecule has 2 aromatic heterocycles. The van der Waals surface area contributed by atoms with Gasteiger partial charge in [-0.1, -0.05) is 29.8 Å². The fourth-order valence-electron chi connectivity index (χ4n) is 2.62. The van der Waals surface area contributed by atoms with E-state index in [1.165, 1.54) is 36.1 Å². The molecule has 0 saturated carbocycles. The zero-order valence-electron chi connectivity index (χ0n) is 15.2. The third-order valence-corrected chi connectivity index (χ3v) is 6.62. The summed E-state index contributed by atoms with van der Waals surface area (Å²) in [6.45, 7) is 1.99. The van der Waals surface area contributed by atoms with E-state index in [1.807, 2.05) is 31.2 Å². The molecule has 0 amide bonds. The minimum Gasteiger partial charge on any atom is -0.300 e. The van der Waals surface area contributed by atoms with Crippen molar-refractivity contribution in [1.82, 2.24) is 14.1 Å². The second-order valence-corrected chi connectivity index (χ2v) is 9.34. The van der Waals surface area contributed by atoms with Crippen LogP contribution in [0.3, 0.4) is 0 Å². The van der Waals surface area contributed by atoms with Crippen molar-refractivity contribution >= 4 is 21.2 Å². The SMILES string of the molecule is Cc1ccc(-c2nc(CS(=O)(=O)Cc3cc(=O)n(C)c(=O)n3C)cs2)cc1. The Morgan fingerprint density at radius 1 is 1.04 bits per heavy atom. The molecule has 0 spiro atoms. The number of rotatable bonds is 5. The monoisotopic (exact) mass is 405 g/mol. The van der Waals surface area contributed by atoms with E-state index in [2.05, 4.69) is 4.98 Å². The summed E-state index contributed by atoms with van der Waals surface area (Å²) in [6.07, 6.45) is 0. The minimum absolute atomic E-state index is 0.164. The summed E-state index contributed by atoms with van der Waals surface area (Å²) >= 11 is 1.38. The molecular weight excluding hydrogens is 386 g/mol. The Morgan fingerprint density at radius 2 is 1.70 bits per heavy atom. The molecule has 142 valence electrons. The maximum atomic E-state index is 12.6. The zero-order valence-corrected chi connectivity index (χ0v) is 16.8. The number of sulfone groups is 1. The van der Waals surface area contributed by atoms with Crippen LogP contribution in [0.5, 0.6) is 0 Å². The van der Waals surface area contributed by atoms with E-state index < -0.39 is 26.8 Å². The van der Waals surface area contributed by atoms with Crippen LogP contribution in [0.4, 0.5) is 0 Å². The van der Waals surface area contributed by atoms with Gasteiger partial charge in [-0.15, -0.1) is 11.3 Å². The van der Waals surface area contributed by atoms with Crippen LogP contribution in [0, 0.1) is 6.92 Å². The third kappa shape index (κ3) is 4.25. The predicted octanol–water partition coefficient (Wildman–Crippen LogP) is 1.63. The molecule has 0 unspecified atom stereocenters. The van der Waals surface area contributed by atoms with Gasteiger partial charge < -0.3 is 0 Å². The van der Waals surface area contributed by atoms with E-state index in [0.717, 1.165) is 20.7 Å². The summed E-state index contributed by atoms with van der Waals surface area (Å²) in [6, 6.07) is 9.02. The molecule has 0 aliphatic rings. The van der Waals surface area contributed by atoms with Crippen molar-refractivity contribution in [1.29, 1.82) is 0 Å². The summed E-state index contributed by atoms with van der Waals surface area (Å²) < 4.78 is 27.2. The van der Waals surface area contributed by atoms with Crippen molar-refractivity contribution in [3.8, 4) is 10.6 Å². The van der Waals surface area contributed by atoms with Crippen molar-refractivity contribution in [2.24, 2.45) is 14.1 Å². The van der Waals surface area contributed by atoms with Gasteiger partial charge >= 0.3 is 5.69 Å². The lowest BCUT2D eigenvalue weighted by molar-refractivity contribution is 0.588. The highest BCUT2D eigenvalue weighted by Crippen LogP contribution is 2.25. The van der Waals surface area contributed by atoms with Gasteiger partial charge in [0.1, 0.15) is 5.01 Å². The molecule has 0 N–H and O–H groups in total. The van der Waals surface area contributed by atoms with E-state index in [4.69, 9.17) is 0 Å². The third-order valence-electron chi connectivity index (χ3n) is 4.21. The summed E-state index contributed by atoms with van der Waals surface area (Å²) in [5.41, 5.74) is 1.60. The van der Waals surface area contributed by atoms with E-state index >= 15 is 0 Å². The van der Waals surface area contributed by atoms with E-state index in [-0.39, 0.29) is 11.4 Å². The molecule has 0 atom stereocenters. The number of hydrogen-bond donors (Lipinski definition) is 0. The lowest BCUT2D eigenvalue weighted by Gasteiger charge is -2.09. The van der Waals surface area contributed by atoms with Gasteiger partial charge in [-0.25, -0.2) is 18.2 Å². The van der Waals surface area contributed by atoms with Crippen molar-refractivity contribution in [3.05, 3.63) is 73.5 Å². The van der Waals surface area contributed by atoms with Crippen LogP contribution in [0.2, 0.25) is 0 Å². The molecule has 9 heteroatoms. The second kappa shape index (κ2) is 7.24. The molecule has 0 bridgehead atoms. The highest BCUT2D eigenvalue weighted by Gasteiger charge is 2.19.